The number of rotatable bonds is 7. The zero-order chi connectivity index (χ0) is 13.6. The van der Waals surface area contributed by atoms with Crippen molar-refractivity contribution in [3.8, 4) is 5.75 Å². The van der Waals surface area contributed by atoms with Crippen LogP contribution in [0.4, 0.5) is 0 Å². The van der Waals surface area contributed by atoms with Gasteiger partial charge in [0.2, 0.25) is 10.0 Å². The third-order valence-corrected chi connectivity index (χ3v) is 4.03. The van der Waals surface area contributed by atoms with Crippen molar-refractivity contribution < 1.29 is 13.5 Å². The number of benzene rings is 1. The van der Waals surface area contributed by atoms with Crippen molar-refractivity contribution in [3.63, 3.8) is 0 Å². The second-order valence-corrected chi connectivity index (χ2v) is 6.01. The van der Waals surface area contributed by atoms with Gasteiger partial charge < -0.3 is 10.4 Å². The first-order chi connectivity index (χ1) is 8.44. The Morgan fingerprint density at radius 3 is 2.72 bits per heavy atom. The first-order valence-corrected chi connectivity index (χ1v) is 7.59. The molecule has 1 atom stereocenters. The summed E-state index contributed by atoms with van der Waals surface area (Å²) in [6.07, 6.45) is 0. The van der Waals surface area contributed by atoms with E-state index in [4.69, 9.17) is 0 Å². The maximum Gasteiger partial charge on any atom is 0.212 e. The highest BCUT2D eigenvalue weighted by atomic mass is 32.2. The third-order valence-electron chi connectivity index (χ3n) is 2.56. The number of hydrogen-bond acceptors (Lipinski definition) is 4. The van der Waals surface area contributed by atoms with Crippen LogP contribution in [0.3, 0.4) is 0 Å². The van der Waals surface area contributed by atoms with Gasteiger partial charge in [0, 0.05) is 19.1 Å². The van der Waals surface area contributed by atoms with Crippen LogP contribution >= 0.6 is 0 Å². The second kappa shape index (κ2) is 6.72. The third kappa shape index (κ3) is 5.03. The quantitative estimate of drug-likeness (QED) is 0.691. The summed E-state index contributed by atoms with van der Waals surface area (Å²) in [4.78, 5) is 0. The van der Waals surface area contributed by atoms with Gasteiger partial charge in [0.15, 0.2) is 0 Å². The van der Waals surface area contributed by atoms with Gasteiger partial charge in [-0.1, -0.05) is 19.1 Å². The molecule has 0 aliphatic carbocycles. The van der Waals surface area contributed by atoms with Crippen molar-refractivity contribution >= 4 is 10.0 Å². The number of sulfonamides is 1. The van der Waals surface area contributed by atoms with Gasteiger partial charge in [0.05, 0.1) is 5.75 Å². The van der Waals surface area contributed by atoms with E-state index in [2.05, 4.69) is 10.0 Å². The topological polar surface area (TPSA) is 78.4 Å². The average molecular weight is 272 g/mol. The van der Waals surface area contributed by atoms with Crippen LogP contribution in [0.1, 0.15) is 25.5 Å². The predicted molar refractivity (Wildman–Crippen MR) is 72.0 cm³/mol. The summed E-state index contributed by atoms with van der Waals surface area (Å²) in [6, 6.07) is 6.91. The molecule has 0 heterocycles. The molecule has 102 valence electrons. The molecule has 1 aromatic rings. The summed E-state index contributed by atoms with van der Waals surface area (Å²) in [7, 11) is -3.18. The molecule has 0 aliphatic heterocycles. The molecule has 0 spiro atoms. The van der Waals surface area contributed by atoms with E-state index < -0.39 is 10.0 Å². The van der Waals surface area contributed by atoms with Crippen LogP contribution in [-0.4, -0.2) is 32.4 Å². The highest BCUT2D eigenvalue weighted by molar-refractivity contribution is 7.89. The molecule has 0 aromatic heterocycles. The van der Waals surface area contributed by atoms with Crippen molar-refractivity contribution in [1.82, 2.24) is 10.0 Å². The highest BCUT2D eigenvalue weighted by Crippen LogP contribution is 2.17. The summed E-state index contributed by atoms with van der Waals surface area (Å²) in [5.74, 6) is 0.255. The number of hydrogen-bond donors (Lipinski definition) is 3. The Balaban J connectivity index is 2.45. The summed E-state index contributed by atoms with van der Waals surface area (Å²) in [5.41, 5.74) is 0.927. The Hall–Kier alpha value is -1.11. The van der Waals surface area contributed by atoms with Crippen molar-refractivity contribution in [2.45, 2.75) is 19.9 Å². The summed E-state index contributed by atoms with van der Waals surface area (Å²) < 4.78 is 25.3. The van der Waals surface area contributed by atoms with Gasteiger partial charge in [-0.25, -0.2) is 13.1 Å². The lowest BCUT2D eigenvalue weighted by atomic mass is 10.1. The van der Waals surface area contributed by atoms with Crippen LogP contribution in [0.15, 0.2) is 24.3 Å². The molecule has 0 bridgehead atoms. The second-order valence-electron chi connectivity index (χ2n) is 4.09. The molecule has 0 saturated heterocycles. The van der Waals surface area contributed by atoms with Crippen LogP contribution in [0.25, 0.3) is 0 Å². The molecule has 3 N–H and O–H groups in total. The lowest BCUT2D eigenvalue weighted by Gasteiger charge is -2.14. The van der Waals surface area contributed by atoms with E-state index in [-0.39, 0.29) is 17.5 Å². The van der Waals surface area contributed by atoms with Crippen molar-refractivity contribution in [1.29, 1.82) is 0 Å². The van der Waals surface area contributed by atoms with Gasteiger partial charge in [0.1, 0.15) is 5.75 Å². The number of nitrogens with one attached hydrogen (secondary N) is 2. The smallest absolute Gasteiger partial charge is 0.212 e. The molecular formula is C12H20N2O3S. The molecule has 5 nitrogen and oxygen atoms in total. The van der Waals surface area contributed by atoms with Gasteiger partial charge in [-0.05, 0) is 24.6 Å². The highest BCUT2D eigenvalue weighted by Gasteiger charge is 2.10. The Kier molecular flexibility index (Phi) is 5.58. The van der Waals surface area contributed by atoms with Crippen LogP contribution < -0.4 is 10.0 Å². The number of aromatic hydroxyl groups is 1. The van der Waals surface area contributed by atoms with Gasteiger partial charge in [-0.15, -0.1) is 0 Å². The standard InChI is InChI=1S/C12H20N2O3S/c1-3-14-18(16,17)8-7-13-10(2)11-5-4-6-12(15)9-11/h4-6,9-10,13-15H,3,7-8H2,1-2H3. The minimum atomic E-state index is -3.18. The molecule has 6 heteroatoms. The van der Waals surface area contributed by atoms with E-state index in [1.807, 2.05) is 13.0 Å². The number of phenols is 1. The van der Waals surface area contributed by atoms with E-state index in [1.54, 1.807) is 25.1 Å². The van der Waals surface area contributed by atoms with Gasteiger partial charge >= 0.3 is 0 Å². The molecule has 18 heavy (non-hydrogen) atoms. The van der Waals surface area contributed by atoms with E-state index >= 15 is 0 Å². The summed E-state index contributed by atoms with van der Waals surface area (Å²) >= 11 is 0. The Morgan fingerprint density at radius 1 is 1.39 bits per heavy atom. The van der Waals surface area contributed by atoms with Crippen LogP contribution in [-0.2, 0) is 10.0 Å². The molecular weight excluding hydrogens is 252 g/mol. The van der Waals surface area contributed by atoms with Crippen LogP contribution in [0.2, 0.25) is 0 Å². The monoisotopic (exact) mass is 272 g/mol. The fourth-order valence-corrected chi connectivity index (χ4v) is 2.58. The molecule has 0 radical (unpaired) electrons. The first kappa shape index (κ1) is 14.9. The molecule has 0 aliphatic rings. The summed E-state index contributed by atoms with van der Waals surface area (Å²) in [6.45, 7) is 4.45. The zero-order valence-corrected chi connectivity index (χ0v) is 11.5. The van der Waals surface area contributed by atoms with Crippen molar-refractivity contribution in [2.24, 2.45) is 0 Å². The van der Waals surface area contributed by atoms with E-state index in [0.29, 0.717) is 13.1 Å². The van der Waals surface area contributed by atoms with E-state index in [9.17, 15) is 13.5 Å². The normalized spacial score (nSPS) is 13.4. The molecule has 1 unspecified atom stereocenters. The minimum absolute atomic E-state index is 0.00562. The van der Waals surface area contributed by atoms with E-state index in [1.165, 1.54) is 0 Å². The molecule has 0 saturated carbocycles. The predicted octanol–water partition coefficient (Wildman–Crippen LogP) is 0.982. The molecule has 0 amide bonds. The van der Waals surface area contributed by atoms with Crippen molar-refractivity contribution in [3.05, 3.63) is 29.8 Å². The maximum atomic E-state index is 11.4. The number of phenolic OH excluding ortho intramolecular Hbond substituents is 1. The largest absolute Gasteiger partial charge is 0.508 e. The lowest BCUT2D eigenvalue weighted by molar-refractivity contribution is 0.472. The Labute approximate surface area is 108 Å². The molecule has 0 fully saturated rings. The fraction of sp³-hybridized carbons (Fsp3) is 0.500. The zero-order valence-electron chi connectivity index (χ0n) is 10.7. The van der Waals surface area contributed by atoms with Crippen LogP contribution in [0.5, 0.6) is 5.75 Å². The van der Waals surface area contributed by atoms with Crippen molar-refractivity contribution in [2.75, 3.05) is 18.8 Å². The Bertz CT molecular complexity index is 474. The van der Waals surface area contributed by atoms with Gasteiger partial charge in [-0.3, -0.25) is 0 Å². The maximum absolute atomic E-state index is 11.4. The van der Waals surface area contributed by atoms with Crippen LogP contribution in [0, 0.1) is 0 Å². The minimum Gasteiger partial charge on any atom is -0.508 e. The van der Waals surface area contributed by atoms with Gasteiger partial charge in [0.25, 0.3) is 0 Å². The SMILES string of the molecule is CCNS(=O)(=O)CCNC(C)c1cccc(O)c1. The lowest BCUT2D eigenvalue weighted by Crippen LogP contribution is -2.32. The van der Waals surface area contributed by atoms with E-state index in [0.717, 1.165) is 5.56 Å². The fourth-order valence-electron chi connectivity index (χ4n) is 1.61. The Morgan fingerprint density at radius 2 is 2.11 bits per heavy atom. The summed E-state index contributed by atoms with van der Waals surface area (Å²) in [5, 5.41) is 12.5. The average Bonchev–Trinajstić information content (AvgIpc) is 2.28. The molecule has 1 aromatic carbocycles. The van der Waals surface area contributed by atoms with Gasteiger partial charge in [-0.2, -0.15) is 0 Å². The molecule has 1 rings (SSSR count). The first-order valence-electron chi connectivity index (χ1n) is 5.94.